The van der Waals surface area contributed by atoms with Crippen LogP contribution in [0.4, 0.5) is 17.6 Å². The third-order valence-corrected chi connectivity index (χ3v) is 1.82. The fourth-order valence-electron chi connectivity index (χ4n) is 1.04. The minimum atomic E-state index is -4.84. The van der Waals surface area contributed by atoms with Crippen molar-refractivity contribution in [2.24, 2.45) is 0 Å². The van der Waals surface area contributed by atoms with Crippen LogP contribution >= 0.6 is 0 Å². The number of ether oxygens (including phenoxy) is 1. The van der Waals surface area contributed by atoms with Crippen LogP contribution in [0.3, 0.4) is 0 Å². The zero-order valence-electron chi connectivity index (χ0n) is 9.67. The highest BCUT2D eigenvalue weighted by atomic mass is 19.3. The maximum Gasteiger partial charge on any atom is 0.383 e. The molecular weight excluding hydrogens is 258 g/mol. The molecule has 104 valence electrons. The molecule has 0 aliphatic heterocycles. The number of halogens is 4. The van der Waals surface area contributed by atoms with Crippen LogP contribution < -0.4 is 0 Å². The molecule has 0 aromatic heterocycles. The number of esters is 1. The van der Waals surface area contributed by atoms with Gasteiger partial charge in [-0.1, -0.05) is 6.08 Å². The fraction of sp³-hybridized carbons (Fsp3) is 0.600. The van der Waals surface area contributed by atoms with Gasteiger partial charge in [0.25, 0.3) is 5.91 Å². The third-order valence-electron chi connectivity index (χ3n) is 1.82. The lowest BCUT2D eigenvalue weighted by molar-refractivity contribution is -0.182. The summed E-state index contributed by atoms with van der Waals surface area (Å²) in [6.45, 7) is 3.36. The summed E-state index contributed by atoms with van der Waals surface area (Å²) in [7, 11) is 0. The predicted molar refractivity (Wildman–Crippen MR) is 54.4 cm³/mol. The van der Waals surface area contributed by atoms with E-state index in [4.69, 9.17) is 0 Å². The zero-order valence-corrected chi connectivity index (χ0v) is 9.67. The third kappa shape index (κ3) is 4.34. The van der Waals surface area contributed by atoms with E-state index in [1.165, 1.54) is 6.92 Å². The van der Waals surface area contributed by atoms with E-state index in [9.17, 15) is 27.2 Å². The molecule has 0 unspecified atom stereocenters. The molecule has 0 aliphatic rings. The molecule has 0 N–H and O–H groups in total. The molecule has 1 amide bonds. The van der Waals surface area contributed by atoms with Crippen LogP contribution in [0, 0.1) is 0 Å². The Bertz CT molecular complexity index is 320. The van der Waals surface area contributed by atoms with Crippen molar-refractivity contribution >= 4 is 11.9 Å². The van der Waals surface area contributed by atoms with Crippen molar-refractivity contribution in [1.29, 1.82) is 0 Å². The molecule has 8 heteroatoms. The van der Waals surface area contributed by atoms with Crippen LogP contribution in [0.15, 0.2) is 12.7 Å². The highest BCUT2D eigenvalue weighted by Gasteiger charge is 2.51. The lowest BCUT2D eigenvalue weighted by atomic mass is 10.3. The van der Waals surface area contributed by atoms with Crippen molar-refractivity contribution in [3.8, 4) is 0 Å². The summed E-state index contributed by atoms with van der Waals surface area (Å²) in [6, 6.07) is 0. The summed E-state index contributed by atoms with van der Waals surface area (Å²) in [5.74, 6) is -7.93. The SMILES string of the molecule is C=CCN(CC(=O)OCC)C(=O)C(F)(F)C(F)F. The minimum absolute atomic E-state index is 0.0137. The second-order valence-corrected chi connectivity index (χ2v) is 3.20. The number of alkyl halides is 4. The highest BCUT2D eigenvalue weighted by Crippen LogP contribution is 2.25. The van der Waals surface area contributed by atoms with Gasteiger partial charge in [-0.2, -0.15) is 8.78 Å². The first-order chi connectivity index (χ1) is 8.27. The average Bonchev–Trinajstić information content (AvgIpc) is 2.27. The first-order valence-corrected chi connectivity index (χ1v) is 4.99. The largest absolute Gasteiger partial charge is 0.465 e. The Morgan fingerprint density at radius 3 is 2.39 bits per heavy atom. The molecular formula is C10H13F4NO3. The van der Waals surface area contributed by atoms with Gasteiger partial charge in [0, 0.05) is 6.54 Å². The summed E-state index contributed by atoms with van der Waals surface area (Å²) in [4.78, 5) is 22.5. The Labute approximate surface area is 101 Å². The van der Waals surface area contributed by atoms with Crippen LogP contribution in [0.1, 0.15) is 6.92 Å². The van der Waals surface area contributed by atoms with Gasteiger partial charge in [0.1, 0.15) is 6.54 Å². The Balaban J connectivity index is 4.84. The number of carbonyl (C=O) groups excluding carboxylic acids is 2. The summed E-state index contributed by atoms with van der Waals surface area (Å²) >= 11 is 0. The van der Waals surface area contributed by atoms with Gasteiger partial charge < -0.3 is 9.64 Å². The number of amides is 1. The Hall–Kier alpha value is -1.60. The van der Waals surface area contributed by atoms with Gasteiger partial charge in [-0.3, -0.25) is 9.59 Å². The standard InChI is InChI=1S/C10H13F4NO3/c1-3-5-15(6-7(16)18-4-2)9(17)10(13,14)8(11)12/h3,8H,1,4-6H2,2H3. The van der Waals surface area contributed by atoms with Gasteiger partial charge in [-0.05, 0) is 6.92 Å². The van der Waals surface area contributed by atoms with Gasteiger partial charge in [-0.25, -0.2) is 8.78 Å². The van der Waals surface area contributed by atoms with E-state index in [0.717, 1.165) is 6.08 Å². The highest BCUT2D eigenvalue weighted by molar-refractivity contribution is 5.87. The van der Waals surface area contributed by atoms with E-state index in [1.54, 1.807) is 0 Å². The van der Waals surface area contributed by atoms with E-state index >= 15 is 0 Å². The van der Waals surface area contributed by atoms with E-state index in [-0.39, 0.29) is 11.5 Å². The predicted octanol–water partition coefficient (Wildman–Crippen LogP) is 1.46. The molecule has 0 saturated heterocycles. The molecule has 0 spiro atoms. The molecule has 0 fully saturated rings. The lowest BCUT2D eigenvalue weighted by Gasteiger charge is -2.24. The normalized spacial score (nSPS) is 11.2. The number of rotatable bonds is 7. The summed E-state index contributed by atoms with van der Waals surface area (Å²) in [6.07, 6.45) is -3.10. The van der Waals surface area contributed by atoms with Crippen molar-refractivity contribution in [2.75, 3.05) is 19.7 Å². The van der Waals surface area contributed by atoms with Crippen molar-refractivity contribution in [1.82, 2.24) is 4.90 Å². The number of hydrogen-bond acceptors (Lipinski definition) is 3. The van der Waals surface area contributed by atoms with Gasteiger partial charge in [0.2, 0.25) is 0 Å². The van der Waals surface area contributed by atoms with Crippen LogP contribution in [0.25, 0.3) is 0 Å². The average molecular weight is 271 g/mol. The molecule has 0 aromatic carbocycles. The van der Waals surface area contributed by atoms with Gasteiger partial charge in [0.15, 0.2) is 0 Å². The van der Waals surface area contributed by atoms with Crippen LogP contribution in [-0.4, -0.2) is 48.8 Å². The second kappa shape index (κ2) is 6.97. The molecule has 0 aromatic rings. The van der Waals surface area contributed by atoms with Crippen molar-refractivity contribution in [3.05, 3.63) is 12.7 Å². The van der Waals surface area contributed by atoms with E-state index in [1.807, 2.05) is 0 Å². The molecule has 0 atom stereocenters. The summed E-state index contributed by atoms with van der Waals surface area (Å²) < 4.78 is 54.1. The molecule has 0 bridgehead atoms. The molecule has 0 heterocycles. The molecule has 4 nitrogen and oxygen atoms in total. The first-order valence-electron chi connectivity index (χ1n) is 4.99. The zero-order chi connectivity index (χ0) is 14.3. The quantitative estimate of drug-likeness (QED) is 0.400. The summed E-state index contributed by atoms with van der Waals surface area (Å²) in [5.41, 5.74) is 0. The van der Waals surface area contributed by atoms with Crippen molar-refractivity contribution in [2.45, 2.75) is 19.3 Å². The van der Waals surface area contributed by atoms with Crippen LogP contribution in [0.2, 0.25) is 0 Å². The molecule has 0 aliphatic carbocycles. The van der Waals surface area contributed by atoms with Crippen LogP contribution in [-0.2, 0) is 14.3 Å². The van der Waals surface area contributed by atoms with Gasteiger partial charge >= 0.3 is 18.3 Å². The Kier molecular flexibility index (Phi) is 6.35. The molecule has 0 radical (unpaired) electrons. The molecule has 18 heavy (non-hydrogen) atoms. The number of carbonyl (C=O) groups is 2. The number of nitrogens with zero attached hydrogens (tertiary/aromatic N) is 1. The maximum atomic E-state index is 12.8. The second-order valence-electron chi connectivity index (χ2n) is 3.20. The van der Waals surface area contributed by atoms with Gasteiger partial charge in [0.05, 0.1) is 6.61 Å². The first kappa shape index (κ1) is 16.4. The van der Waals surface area contributed by atoms with Gasteiger partial charge in [-0.15, -0.1) is 6.58 Å². The van der Waals surface area contributed by atoms with Crippen molar-refractivity contribution < 1.29 is 31.9 Å². The lowest BCUT2D eigenvalue weighted by Crippen LogP contribution is -2.49. The maximum absolute atomic E-state index is 12.8. The number of hydrogen-bond donors (Lipinski definition) is 0. The van der Waals surface area contributed by atoms with Crippen molar-refractivity contribution in [3.63, 3.8) is 0 Å². The smallest absolute Gasteiger partial charge is 0.383 e. The topological polar surface area (TPSA) is 46.6 Å². The minimum Gasteiger partial charge on any atom is -0.465 e. The van der Waals surface area contributed by atoms with E-state index in [2.05, 4.69) is 11.3 Å². The fourth-order valence-corrected chi connectivity index (χ4v) is 1.04. The van der Waals surface area contributed by atoms with E-state index in [0.29, 0.717) is 0 Å². The molecule has 0 rings (SSSR count). The Morgan fingerprint density at radius 1 is 1.44 bits per heavy atom. The summed E-state index contributed by atoms with van der Waals surface area (Å²) in [5, 5.41) is 0. The Morgan fingerprint density at radius 2 is 2.00 bits per heavy atom. The molecule has 0 saturated carbocycles. The van der Waals surface area contributed by atoms with E-state index < -0.39 is 37.3 Å². The monoisotopic (exact) mass is 271 g/mol. The van der Waals surface area contributed by atoms with Crippen LogP contribution in [0.5, 0.6) is 0 Å².